The van der Waals surface area contributed by atoms with Crippen molar-refractivity contribution in [3.63, 3.8) is 0 Å². The molecular formula is C13H13Cl2OSi. The first-order chi connectivity index (χ1) is 8.27. The zero-order valence-electron chi connectivity index (χ0n) is 9.33. The van der Waals surface area contributed by atoms with Gasteiger partial charge in [-0.15, -0.1) is 22.2 Å². The van der Waals surface area contributed by atoms with Gasteiger partial charge < -0.3 is 4.74 Å². The molecule has 0 unspecified atom stereocenters. The van der Waals surface area contributed by atoms with E-state index in [-0.39, 0.29) is 0 Å². The smallest absolute Gasteiger partial charge is 0.274 e. The van der Waals surface area contributed by atoms with Gasteiger partial charge in [0.2, 0.25) is 0 Å². The molecule has 0 saturated carbocycles. The molecule has 1 radical (unpaired) electrons. The van der Waals surface area contributed by atoms with Gasteiger partial charge in [-0.05, 0) is 23.9 Å². The molecule has 0 amide bonds. The molecule has 0 atom stereocenters. The standard InChI is InChI=1S/C13H13Cl2OSi/c14-17(15)10-4-9-16-13-8-3-6-11-5-1-2-7-12(11)13/h1-3,5-8H,4,9-10H2. The minimum absolute atomic E-state index is 0.668. The van der Waals surface area contributed by atoms with E-state index in [1.54, 1.807) is 0 Å². The van der Waals surface area contributed by atoms with Crippen molar-refractivity contribution in [3.8, 4) is 5.75 Å². The highest BCUT2D eigenvalue weighted by molar-refractivity contribution is 7.33. The molecule has 2 aromatic carbocycles. The van der Waals surface area contributed by atoms with E-state index in [0.29, 0.717) is 6.61 Å². The van der Waals surface area contributed by atoms with Crippen molar-refractivity contribution in [3.05, 3.63) is 42.5 Å². The molecule has 2 aromatic rings. The van der Waals surface area contributed by atoms with Gasteiger partial charge in [0.15, 0.2) is 0 Å². The van der Waals surface area contributed by atoms with Crippen LogP contribution in [0.15, 0.2) is 42.5 Å². The van der Waals surface area contributed by atoms with E-state index in [9.17, 15) is 0 Å². The first-order valence-electron chi connectivity index (χ1n) is 5.55. The van der Waals surface area contributed by atoms with Gasteiger partial charge in [-0.1, -0.05) is 36.4 Å². The molecule has 17 heavy (non-hydrogen) atoms. The number of ether oxygens (including phenoxy) is 1. The highest BCUT2D eigenvalue weighted by Crippen LogP contribution is 2.25. The van der Waals surface area contributed by atoms with E-state index in [2.05, 4.69) is 18.2 Å². The van der Waals surface area contributed by atoms with Gasteiger partial charge in [0.1, 0.15) is 5.75 Å². The molecule has 1 nitrogen and oxygen atoms in total. The molecule has 0 aliphatic heterocycles. The largest absolute Gasteiger partial charge is 0.493 e. The van der Waals surface area contributed by atoms with Crippen LogP contribution in [-0.2, 0) is 0 Å². The van der Waals surface area contributed by atoms with Crippen LogP contribution in [0.2, 0.25) is 6.04 Å². The van der Waals surface area contributed by atoms with Crippen LogP contribution in [0, 0.1) is 0 Å². The van der Waals surface area contributed by atoms with Gasteiger partial charge in [-0.2, -0.15) is 0 Å². The average molecular weight is 284 g/mol. The van der Waals surface area contributed by atoms with E-state index >= 15 is 0 Å². The second-order valence-electron chi connectivity index (χ2n) is 3.77. The van der Waals surface area contributed by atoms with E-state index in [0.717, 1.165) is 23.6 Å². The predicted octanol–water partition coefficient (Wildman–Crippen LogP) is 4.57. The van der Waals surface area contributed by atoms with Gasteiger partial charge in [0.25, 0.3) is 7.42 Å². The Bertz CT molecular complexity index is 482. The lowest BCUT2D eigenvalue weighted by Crippen LogP contribution is -2.01. The summed E-state index contributed by atoms with van der Waals surface area (Å²) >= 11 is 11.5. The van der Waals surface area contributed by atoms with Crippen LogP contribution in [-0.4, -0.2) is 14.0 Å². The Balaban J connectivity index is 2.03. The Morgan fingerprint density at radius 3 is 2.59 bits per heavy atom. The van der Waals surface area contributed by atoms with Gasteiger partial charge in [0, 0.05) is 5.39 Å². The zero-order chi connectivity index (χ0) is 12.1. The summed E-state index contributed by atoms with van der Waals surface area (Å²) in [5.74, 6) is 0.931. The summed E-state index contributed by atoms with van der Waals surface area (Å²) in [6.45, 7) is 0.668. The summed E-state index contributed by atoms with van der Waals surface area (Å²) in [6.07, 6.45) is 0.907. The molecule has 0 spiro atoms. The monoisotopic (exact) mass is 283 g/mol. The topological polar surface area (TPSA) is 9.23 Å². The Kier molecular flexibility index (Phi) is 4.72. The molecule has 0 heterocycles. The van der Waals surface area contributed by atoms with Crippen molar-refractivity contribution in [1.29, 1.82) is 0 Å². The Morgan fingerprint density at radius 1 is 1.00 bits per heavy atom. The van der Waals surface area contributed by atoms with Crippen LogP contribution in [0.25, 0.3) is 10.8 Å². The quantitative estimate of drug-likeness (QED) is 0.444. The maximum atomic E-state index is 5.77. The SMILES string of the molecule is Cl[Si](Cl)CCCOc1cccc2ccccc12. The van der Waals surface area contributed by atoms with Crippen LogP contribution >= 0.6 is 22.2 Å². The van der Waals surface area contributed by atoms with Gasteiger partial charge >= 0.3 is 0 Å². The minimum Gasteiger partial charge on any atom is -0.493 e. The van der Waals surface area contributed by atoms with E-state index in [1.807, 2.05) is 24.3 Å². The van der Waals surface area contributed by atoms with Crippen LogP contribution in [0.5, 0.6) is 5.75 Å². The lowest BCUT2D eigenvalue weighted by atomic mass is 10.1. The third-order valence-electron chi connectivity index (χ3n) is 2.52. The molecule has 0 N–H and O–H groups in total. The minimum atomic E-state index is -1.17. The molecule has 0 bridgehead atoms. The summed E-state index contributed by atoms with van der Waals surface area (Å²) in [4.78, 5) is 0. The summed E-state index contributed by atoms with van der Waals surface area (Å²) in [5.41, 5.74) is 0. The van der Waals surface area contributed by atoms with E-state index in [1.165, 1.54) is 5.39 Å². The number of hydrogen-bond donors (Lipinski definition) is 0. The average Bonchev–Trinajstić information content (AvgIpc) is 2.34. The fourth-order valence-corrected chi connectivity index (χ4v) is 2.92. The van der Waals surface area contributed by atoms with Crippen molar-refractivity contribution in [2.45, 2.75) is 12.5 Å². The van der Waals surface area contributed by atoms with Crippen molar-refractivity contribution < 1.29 is 4.74 Å². The fraction of sp³-hybridized carbons (Fsp3) is 0.231. The third-order valence-corrected chi connectivity index (χ3v) is 4.38. The molecule has 0 aromatic heterocycles. The number of hydrogen-bond acceptors (Lipinski definition) is 1. The highest BCUT2D eigenvalue weighted by Gasteiger charge is 2.04. The number of halogens is 2. The molecule has 0 aliphatic rings. The van der Waals surface area contributed by atoms with Crippen LogP contribution in [0.3, 0.4) is 0 Å². The summed E-state index contributed by atoms with van der Waals surface area (Å²) < 4.78 is 5.77. The molecule has 0 saturated heterocycles. The first kappa shape index (κ1) is 12.7. The fourth-order valence-electron chi connectivity index (χ4n) is 1.71. The lowest BCUT2D eigenvalue weighted by Gasteiger charge is -2.09. The molecular weight excluding hydrogens is 271 g/mol. The molecule has 89 valence electrons. The van der Waals surface area contributed by atoms with E-state index < -0.39 is 7.42 Å². The predicted molar refractivity (Wildman–Crippen MR) is 76.3 cm³/mol. The van der Waals surface area contributed by atoms with Gasteiger partial charge in [-0.3, -0.25) is 0 Å². The molecule has 0 aliphatic carbocycles. The Labute approximate surface area is 112 Å². The van der Waals surface area contributed by atoms with Crippen molar-refractivity contribution in [2.24, 2.45) is 0 Å². The maximum Gasteiger partial charge on any atom is 0.274 e. The summed E-state index contributed by atoms with van der Waals surface area (Å²) in [7, 11) is -1.17. The second kappa shape index (κ2) is 6.29. The zero-order valence-corrected chi connectivity index (χ0v) is 11.8. The van der Waals surface area contributed by atoms with Crippen molar-refractivity contribution in [1.82, 2.24) is 0 Å². The third kappa shape index (κ3) is 3.63. The Morgan fingerprint density at radius 2 is 1.76 bits per heavy atom. The summed E-state index contributed by atoms with van der Waals surface area (Å²) in [5, 5.41) is 2.35. The van der Waals surface area contributed by atoms with Crippen LogP contribution < -0.4 is 4.74 Å². The number of rotatable bonds is 5. The normalized spacial score (nSPS) is 11.0. The molecule has 4 heteroatoms. The van der Waals surface area contributed by atoms with Crippen molar-refractivity contribution in [2.75, 3.05) is 6.61 Å². The summed E-state index contributed by atoms with van der Waals surface area (Å²) in [6, 6.07) is 15.2. The maximum absolute atomic E-state index is 5.77. The lowest BCUT2D eigenvalue weighted by molar-refractivity contribution is 0.321. The molecule has 2 rings (SSSR count). The van der Waals surface area contributed by atoms with Crippen molar-refractivity contribution >= 4 is 40.3 Å². The Hall–Kier alpha value is -0.703. The number of benzene rings is 2. The molecule has 0 fully saturated rings. The van der Waals surface area contributed by atoms with E-state index in [4.69, 9.17) is 26.9 Å². The van der Waals surface area contributed by atoms with Gasteiger partial charge in [0.05, 0.1) is 6.61 Å². The van der Waals surface area contributed by atoms with Crippen LogP contribution in [0.1, 0.15) is 6.42 Å². The highest BCUT2D eigenvalue weighted by atomic mass is 35.7. The van der Waals surface area contributed by atoms with Crippen LogP contribution in [0.4, 0.5) is 0 Å². The second-order valence-corrected chi connectivity index (χ2v) is 8.26. The first-order valence-corrected chi connectivity index (χ1v) is 9.28. The van der Waals surface area contributed by atoms with Gasteiger partial charge in [-0.25, -0.2) is 0 Å². The number of fused-ring (bicyclic) bond motifs is 1.